The highest BCUT2D eigenvalue weighted by atomic mass is 35.5. The molecule has 2 N–H and O–H groups in total. The highest BCUT2D eigenvalue weighted by molar-refractivity contribution is 7.98. The second-order valence-corrected chi connectivity index (χ2v) is 8.67. The van der Waals surface area contributed by atoms with Gasteiger partial charge in [0.05, 0.1) is 29.8 Å². The second kappa shape index (κ2) is 11.5. The van der Waals surface area contributed by atoms with Crippen molar-refractivity contribution in [2.75, 3.05) is 37.9 Å². The number of carbonyl (C=O) groups excluding carboxylic acids is 1. The number of aryl methyl sites for hydroxylation is 1. The molecule has 184 valence electrons. The van der Waals surface area contributed by atoms with E-state index >= 15 is 0 Å². The van der Waals surface area contributed by atoms with Crippen LogP contribution in [0.15, 0.2) is 40.1 Å². The molecule has 0 aliphatic carbocycles. The maximum absolute atomic E-state index is 13.0. The highest BCUT2D eigenvalue weighted by Gasteiger charge is 2.23. The van der Waals surface area contributed by atoms with Crippen LogP contribution in [0.3, 0.4) is 0 Å². The van der Waals surface area contributed by atoms with Crippen LogP contribution in [0.5, 0.6) is 0 Å². The lowest BCUT2D eigenvalue weighted by Gasteiger charge is -2.10. The van der Waals surface area contributed by atoms with Crippen molar-refractivity contribution in [3.8, 4) is 11.3 Å². The van der Waals surface area contributed by atoms with E-state index < -0.39 is 0 Å². The molecule has 0 aliphatic rings. The van der Waals surface area contributed by atoms with Crippen LogP contribution in [-0.4, -0.2) is 63.4 Å². The number of benzene rings is 1. The van der Waals surface area contributed by atoms with Crippen LogP contribution < -0.4 is 10.6 Å². The number of hydrogen-bond donors (Lipinski definition) is 2. The summed E-state index contributed by atoms with van der Waals surface area (Å²) >= 11 is 7.76. The maximum Gasteiger partial charge on any atom is 0.257 e. The molecule has 3 aromatic heterocycles. The van der Waals surface area contributed by atoms with Crippen LogP contribution >= 0.6 is 23.4 Å². The quantitative estimate of drug-likeness (QED) is 0.173. The SMILES string of the molecule is CCOCCNc1nc(SC)nc2c1cnn2CCNC(=O)c1c(-c2ccccc2Cl)noc1C. The van der Waals surface area contributed by atoms with Crippen molar-refractivity contribution >= 4 is 46.1 Å². The topological polar surface area (TPSA) is 120 Å². The average Bonchev–Trinajstić information content (AvgIpc) is 3.45. The molecule has 4 rings (SSSR count). The fraction of sp³-hybridized carbons (Fsp3) is 0.348. The highest BCUT2D eigenvalue weighted by Crippen LogP contribution is 2.31. The summed E-state index contributed by atoms with van der Waals surface area (Å²) in [6.45, 7) is 6.27. The van der Waals surface area contributed by atoms with Gasteiger partial charge in [-0.2, -0.15) is 5.10 Å². The first-order valence-corrected chi connectivity index (χ1v) is 12.7. The van der Waals surface area contributed by atoms with Gasteiger partial charge in [-0.15, -0.1) is 0 Å². The number of thioether (sulfide) groups is 1. The predicted molar refractivity (Wildman–Crippen MR) is 136 cm³/mol. The molecule has 4 aromatic rings. The van der Waals surface area contributed by atoms with Crippen molar-refractivity contribution < 1.29 is 14.1 Å². The Hall–Kier alpha value is -3.15. The Labute approximate surface area is 211 Å². The lowest BCUT2D eigenvalue weighted by Crippen LogP contribution is -2.28. The number of rotatable bonds is 11. The van der Waals surface area contributed by atoms with Crippen LogP contribution in [0, 0.1) is 6.92 Å². The molecule has 3 heterocycles. The zero-order valence-corrected chi connectivity index (χ0v) is 21.2. The lowest BCUT2D eigenvalue weighted by atomic mass is 10.1. The van der Waals surface area contributed by atoms with Gasteiger partial charge in [-0.05, 0) is 26.2 Å². The first-order chi connectivity index (χ1) is 17.0. The first kappa shape index (κ1) is 25.0. The predicted octanol–water partition coefficient (Wildman–Crippen LogP) is 4.04. The summed E-state index contributed by atoms with van der Waals surface area (Å²) in [7, 11) is 0. The van der Waals surface area contributed by atoms with E-state index in [0.29, 0.717) is 77.1 Å². The molecule has 35 heavy (non-hydrogen) atoms. The molecule has 0 atom stereocenters. The molecule has 12 heteroatoms. The number of nitrogens with zero attached hydrogens (tertiary/aromatic N) is 5. The fourth-order valence-electron chi connectivity index (χ4n) is 3.55. The van der Waals surface area contributed by atoms with Crippen LogP contribution in [-0.2, 0) is 11.3 Å². The Morgan fingerprint density at radius 1 is 1.26 bits per heavy atom. The smallest absolute Gasteiger partial charge is 0.257 e. The molecule has 0 bridgehead atoms. The molecular formula is C23H26ClN7O3S. The third kappa shape index (κ3) is 5.58. The van der Waals surface area contributed by atoms with Gasteiger partial charge in [0.2, 0.25) is 0 Å². The number of hydrogen-bond acceptors (Lipinski definition) is 9. The summed E-state index contributed by atoms with van der Waals surface area (Å²) in [4.78, 5) is 22.2. The van der Waals surface area contributed by atoms with E-state index in [-0.39, 0.29) is 5.91 Å². The summed E-state index contributed by atoms with van der Waals surface area (Å²) in [6, 6.07) is 7.20. The summed E-state index contributed by atoms with van der Waals surface area (Å²) < 4.78 is 12.4. The Balaban J connectivity index is 1.48. The van der Waals surface area contributed by atoms with E-state index in [9.17, 15) is 4.79 Å². The zero-order valence-electron chi connectivity index (χ0n) is 19.7. The number of amides is 1. The lowest BCUT2D eigenvalue weighted by molar-refractivity contribution is 0.0951. The minimum Gasteiger partial charge on any atom is -0.380 e. The van der Waals surface area contributed by atoms with Crippen LogP contribution in [0.25, 0.3) is 22.3 Å². The molecule has 0 aliphatic heterocycles. The molecule has 0 radical (unpaired) electrons. The van der Waals surface area contributed by atoms with Crippen LogP contribution in [0.2, 0.25) is 5.02 Å². The number of ether oxygens (including phenoxy) is 1. The maximum atomic E-state index is 13.0. The largest absolute Gasteiger partial charge is 0.380 e. The van der Waals surface area contributed by atoms with Crippen molar-refractivity contribution in [1.29, 1.82) is 0 Å². The molecule has 0 saturated carbocycles. The average molecular weight is 516 g/mol. The molecule has 10 nitrogen and oxygen atoms in total. The van der Waals surface area contributed by atoms with Gasteiger partial charge in [-0.3, -0.25) is 4.79 Å². The number of carbonyl (C=O) groups is 1. The van der Waals surface area contributed by atoms with Crippen LogP contribution in [0.1, 0.15) is 23.0 Å². The Morgan fingerprint density at radius 2 is 2.09 bits per heavy atom. The second-order valence-electron chi connectivity index (χ2n) is 7.49. The summed E-state index contributed by atoms with van der Waals surface area (Å²) in [5, 5.41) is 16.7. The monoisotopic (exact) mass is 515 g/mol. The van der Waals surface area contributed by atoms with Gasteiger partial charge in [0.15, 0.2) is 10.8 Å². The van der Waals surface area contributed by atoms with Gasteiger partial charge >= 0.3 is 0 Å². The van der Waals surface area contributed by atoms with Gasteiger partial charge in [0.1, 0.15) is 22.8 Å². The van der Waals surface area contributed by atoms with Gasteiger partial charge in [-0.1, -0.05) is 46.7 Å². The third-order valence-corrected chi connectivity index (χ3v) is 6.11. The molecule has 1 aromatic carbocycles. The summed E-state index contributed by atoms with van der Waals surface area (Å²) in [5.41, 5.74) is 2.10. The van der Waals surface area contributed by atoms with Crippen LogP contribution in [0.4, 0.5) is 5.82 Å². The standard InChI is InChI=1S/C23H26ClN7O3S/c1-4-33-12-10-25-20-16-13-27-31(21(16)29-23(28-20)35-3)11-9-26-22(32)18-14(2)34-30-19(18)15-7-5-6-8-17(15)24/h5-8,13H,4,9-12H2,1-3H3,(H,26,32)(H,25,28,29). The number of fused-ring (bicyclic) bond motifs is 1. The number of nitrogens with one attached hydrogen (secondary N) is 2. The fourth-order valence-corrected chi connectivity index (χ4v) is 4.14. The summed E-state index contributed by atoms with van der Waals surface area (Å²) in [5.74, 6) is 0.828. The number of aromatic nitrogens is 5. The van der Waals surface area contributed by atoms with E-state index in [1.54, 1.807) is 29.9 Å². The molecule has 1 amide bonds. The van der Waals surface area contributed by atoms with Gasteiger partial charge in [-0.25, -0.2) is 14.6 Å². The summed E-state index contributed by atoms with van der Waals surface area (Å²) in [6.07, 6.45) is 3.65. The van der Waals surface area contributed by atoms with E-state index in [4.69, 9.17) is 20.9 Å². The van der Waals surface area contributed by atoms with E-state index in [1.165, 1.54) is 11.8 Å². The van der Waals surface area contributed by atoms with Crippen molar-refractivity contribution in [1.82, 2.24) is 30.2 Å². The number of anilines is 1. The van der Waals surface area contributed by atoms with E-state index in [0.717, 1.165) is 5.39 Å². The number of halogens is 1. The van der Waals surface area contributed by atoms with E-state index in [2.05, 4.69) is 30.9 Å². The Morgan fingerprint density at radius 3 is 2.86 bits per heavy atom. The van der Waals surface area contributed by atoms with Crippen molar-refractivity contribution in [3.63, 3.8) is 0 Å². The van der Waals surface area contributed by atoms with Crippen molar-refractivity contribution in [2.45, 2.75) is 25.5 Å². The van der Waals surface area contributed by atoms with Crippen molar-refractivity contribution in [2.24, 2.45) is 0 Å². The minimum absolute atomic E-state index is 0.298. The molecule has 0 spiro atoms. The molecular weight excluding hydrogens is 490 g/mol. The van der Waals surface area contributed by atoms with Crippen molar-refractivity contribution in [3.05, 3.63) is 46.8 Å². The molecule has 0 saturated heterocycles. The van der Waals surface area contributed by atoms with E-state index in [1.807, 2.05) is 25.3 Å². The normalized spacial score (nSPS) is 11.2. The third-order valence-electron chi connectivity index (χ3n) is 5.23. The Kier molecular flexibility index (Phi) is 8.21. The van der Waals surface area contributed by atoms with Gasteiger partial charge in [0.25, 0.3) is 5.91 Å². The first-order valence-electron chi connectivity index (χ1n) is 11.1. The molecule has 0 fully saturated rings. The minimum atomic E-state index is -0.298. The molecule has 0 unspecified atom stereocenters. The zero-order chi connectivity index (χ0) is 24.8. The van der Waals surface area contributed by atoms with Gasteiger partial charge < -0.3 is 19.9 Å². The van der Waals surface area contributed by atoms with Gasteiger partial charge in [0, 0.05) is 25.3 Å². The Bertz CT molecular complexity index is 1320.